The Labute approximate surface area is 186 Å². The van der Waals surface area contributed by atoms with E-state index in [-0.39, 0.29) is 11.7 Å². The van der Waals surface area contributed by atoms with Gasteiger partial charge < -0.3 is 9.64 Å². The molecular weight excluding hydrogens is 414 g/mol. The zero-order valence-corrected chi connectivity index (χ0v) is 18.3. The third-order valence-electron chi connectivity index (χ3n) is 6.08. The van der Waals surface area contributed by atoms with E-state index in [1.807, 2.05) is 50.2 Å². The molecule has 1 fully saturated rings. The van der Waals surface area contributed by atoms with Gasteiger partial charge >= 0.3 is 0 Å². The first-order chi connectivity index (χ1) is 15.1. The molecule has 2 aliphatic heterocycles. The molecule has 0 aliphatic carbocycles. The van der Waals surface area contributed by atoms with E-state index in [9.17, 15) is 4.79 Å². The SMILES string of the molecule is CCN(CC)C(=O)c1nc2n(n1)-c1ccc(Cl)cc1C1(c3ccccc3)OCCN1C2. The molecule has 1 amide bonds. The van der Waals surface area contributed by atoms with Gasteiger partial charge in [-0.1, -0.05) is 41.9 Å². The van der Waals surface area contributed by atoms with E-state index in [4.69, 9.17) is 16.3 Å². The highest BCUT2D eigenvalue weighted by Crippen LogP contribution is 2.46. The van der Waals surface area contributed by atoms with E-state index in [0.29, 0.717) is 37.1 Å². The van der Waals surface area contributed by atoms with Crippen molar-refractivity contribution in [2.24, 2.45) is 0 Å². The molecule has 0 saturated carbocycles. The standard InChI is InChI=1S/C23H24ClN5O2/c1-3-27(4-2)22(30)21-25-20-15-28-12-13-31-23(28,16-8-6-5-7-9-16)18-14-17(24)10-11-19(18)29(20)26-21/h5-11,14H,3-4,12-13,15H2,1-2H3. The molecule has 160 valence electrons. The molecule has 31 heavy (non-hydrogen) atoms. The molecule has 0 radical (unpaired) electrons. The van der Waals surface area contributed by atoms with Gasteiger partial charge in [-0.05, 0) is 32.0 Å². The number of fused-ring (bicyclic) bond motifs is 5. The smallest absolute Gasteiger partial charge is 0.293 e. The molecule has 1 saturated heterocycles. The fourth-order valence-corrected chi connectivity index (χ4v) is 4.77. The lowest BCUT2D eigenvalue weighted by Gasteiger charge is -2.37. The number of rotatable bonds is 4. The van der Waals surface area contributed by atoms with Crippen LogP contribution in [0.15, 0.2) is 48.5 Å². The zero-order valence-electron chi connectivity index (χ0n) is 17.6. The van der Waals surface area contributed by atoms with Crippen LogP contribution in [0, 0.1) is 0 Å². The summed E-state index contributed by atoms with van der Waals surface area (Å²) in [5.41, 5.74) is 1.96. The number of hydrogen-bond acceptors (Lipinski definition) is 5. The van der Waals surface area contributed by atoms with Crippen molar-refractivity contribution in [2.45, 2.75) is 26.1 Å². The van der Waals surface area contributed by atoms with Crippen molar-refractivity contribution in [1.29, 1.82) is 0 Å². The summed E-state index contributed by atoms with van der Waals surface area (Å²) in [4.78, 5) is 21.6. The number of ether oxygens (including phenoxy) is 1. The molecule has 1 aromatic heterocycles. The van der Waals surface area contributed by atoms with Crippen LogP contribution in [0.1, 0.15) is 41.4 Å². The Bertz CT molecular complexity index is 1130. The minimum absolute atomic E-state index is 0.159. The molecule has 1 unspecified atom stereocenters. The molecule has 3 aromatic rings. The van der Waals surface area contributed by atoms with Gasteiger partial charge in [0.1, 0.15) is 5.82 Å². The Hall–Kier alpha value is -2.74. The van der Waals surface area contributed by atoms with Gasteiger partial charge in [-0.3, -0.25) is 9.69 Å². The molecule has 0 N–H and O–H groups in total. The van der Waals surface area contributed by atoms with Crippen LogP contribution >= 0.6 is 11.6 Å². The summed E-state index contributed by atoms with van der Waals surface area (Å²) >= 11 is 6.45. The van der Waals surface area contributed by atoms with Crippen molar-refractivity contribution in [3.63, 3.8) is 0 Å². The molecule has 0 bridgehead atoms. The van der Waals surface area contributed by atoms with Crippen LogP contribution < -0.4 is 0 Å². The van der Waals surface area contributed by atoms with E-state index in [1.165, 1.54) is 0 Å². The van der Waals surface area contributed by atoms with Gasteiger partial charge in [-0.2, -0.15) is 0 Å². The van der Waals surface area contributed by atoms with Crippen molar-refractivity contribution in [2.75, 3.05) is 26.2 Å². The highest BCUT2D eigenvalue weighted by molar-refractivity contribution is 6.30. The molecular formula is C23H24ClN5O2. The Kier molecular flexibility index (Phi) is 5.04. The largest absolute Gasteiger partial charge is 0.350 e. The number of amides is 1. The summed E-state index contributed by atoms with van der Waals surface area (Å²) in [6.07, 6.45) is 0. The fourth-order valence-electron chi connectivity index (χ4n) is 4.59. The number of carbonyl (C=O) groups is 1. The van der Waals surface area contributed by atoms with Gasteiger partial charge in [0.2, 0.25) is 5.82 Å². The van der Waals surface area contributed by atoms with Crippen LogP contribution in [0.5, 0.6) is 0 Å². The maximum absolute atomic E-state index is 12.9. The lowest BCUT2D eigenvalue weighted by Crippen LogP contribution is -2.42. The quantitative estimate of drug-likeness (QED) is 0.625. The van der Waals surface area contributed by atoms with Crippen molar-refractivity contribution in [1.82, 2.24) is 24.6 Å². The van der Waals surface area contributed by atoms with Gasteiger partial charge in [0.05, 0.1) is 18.8 Å². The minimum atomic E-state index is -0.785. The second-order valence-electron chi connectivity index (χ2n) is 7.68. The van der Waals surface area contributed by atoms with Gasteiger partial charge in [0, 0.05) is 35.8 Å². The predicted molar refractivity (Wildman–Crippen MR) is 117 cm³/mol. The molecule has 1 atom stereocenters. The Morgan fingerprint density at radius 3 is 2.71 bits per heavy atom. The molecule has 8 heteroatoms. The molecule has 2 aromatic carbocycles. The maximum Gasteiger partial charge on any atom is 0.293 e. The molecule has 3 heterocycles. The minimum Gasteiger partial charge on any atom is -0.350 e. The van der Waals surface area contributed by atoms with Gasteiger partial charge in [0.15, 0.2) is 5.72 Å². The van der Waals surface area contributed by atoms with Gasteiger partial charge in [-0.15, -0.1) is 5.10 Å². The summed E-state index contributed by atoms with van der Waals surface area (Å²) in [5, 5.41) is 5.26. The first kappa shape index (κ1) is 20.2. The van der Waals surface area contributed by atoms with Crippen LogP contribution in [-0.4, -0.2) is 56.7 Å². The van der Waals surface area contributed by atoms with E-state index in [1.54, 1.807) is 9.58 Å². The third-order valence-corrected chi connectivity index (χ3v) is 6.32. The van der Waals surface area contributed by atoms with Crippen molar-refractivity contribution in [3.8, 4) is 5.69 Å². The average molecular weight is 438 g/mol. The first-order valence-electron chi connectivity index (χ1n) is 10.6. The summed E-state index contributed by atoms with van der Waals surface area (Å²) in [5.74, 6) is 0.766. The Morgan fingerprint density at radius 1 is 1.19 bits per heavy atom. The molecule has 2 aliphatic rings. The van der Waals surface area contributed by atoms with Crippen molar-refractivity contribution < 1.29 is 9.53 Å². The number of nitrogens with zero attached hydrogens (tertiary/aromatic N) is 5. The topological polar surface area (TPSA) is 63.5 Å². The van der Waals surface area contributed by atoms with Crippen LogP contribution in [0.3, 0.4) is 0 Å². The summed E-state index contributed by atoms with van der Waals surface area (Å²) in [6, 6.07) is 15.9. The molecule has 0 spiro atoms. The summed E-state index contributed by atoms with van der Waals surface area (Å²) in [6.45, 7) is 6.95. The number of carbonyl (C=O) groups excluding carboxylic acids is 1. The normalized spacial score (nSPS) is 20.0. The average Bonchev–Trinajstić information content (AvgIpc) is 3.38. The highest BCUT2D eigenvalue weighted by Gasteiger charge is 2.49. The van der Waals surface area contributed by atoms with E-state index in [2.05, 4.69) is 27.1 Å². The van der Waals surface area contributed by atoms with Crippen molar-refractivity contribution >= 4 is 17.5 Å². The van der Waals surface area contributed by atoms with E-state index < -0.39 is 5.72 Å². The monoisotopic (exact) mass is 437 g/mol. The second kappa shape index (κ2) is 7.75. The molecule has 5 rings (SSSR count). The lowest BCUT2D eigenvalue weighted by molar-refractivity contribution is -0.0551. The third kappa shape index (κ3) is 3.07. The van der Waals surface area contributed by atoms with Crippen LogP contribution in [0.2, 0.25) is 5.02 Å². The predicted octanol–water partition coefficient (Wildman–Crippen LogP) is 3.45. The van der Waals surface area contributed by atoms with E-state index in [0.717, 1.165) is 23.4 Å². The number of aromatic nitrogens is 3. The van der Waals surface area contributed by atoms with Gasteiger partial charge in [0.25, 0.3) is 5.91 Å². The fraction of sp³-hybridized carbons (Fsp3) is 0.348. The van der Waals surface area contributed by atoms with Crippen LogP contribution in [0.25, 0.3) is 5.69 Å². The van der Waals surface area contributed by atoms with Crippen LogP contribution in [-0.2, 0) is 17.0 Å². The van der Waals surface area contributed by atoms with Crippen molar-refractivity contribution in [3.05, 3.63) is 76.3 Å². The number of hydrogen-bond donors (Lipinski definition) is 0. The lowest BCUT2D eigenvalue weighted by atomic mass is 9.92. The summed E-state index contributed by atoms with van der Waals surface area (Å²) in [7, 11) is 0. The Morgan fingerprint density at radius 2 is 1.97 bits per heavy atom. The maximum atomic E-state index is 12.9. The highest BCUT2D eigenvalue weighted by atomic mass is 35.5. The Balaban J connectivity index is 1.72. The van der Waals surface area contributed by atoms with Crippen LogP contribution in [0.4, 0.5) is 0 Å². The number of benzene rings is 2. The molecule has 7 nitrogen and oxygen atoms in total. The summed E-state index contributed by atoms with van der Waals surface area (Å²) < 4.78 is 8.24. The zero-order chi connectivity index (χ0) is 21.6. The van der Waals surface area contributed by atoms with E-state index >= 15 is 0 Å². The first-order valence-corrected chi connectivity index (χ1v) is 11.0. The number of halogens is 1. The second-order valence-corrected chi connectivity index (χ2v) is 8.12. The van der Waals surface area contributed by atoms with Gasteiger partial charge in [-0.25, -0.2) is 9.67 Å².